The maximum absolute atomic E-state index is 11.8. The fourth-order valence-corrected chi connectivity index (χ4v) is 1.50. The minimum atomic E-state index is -0.0217. The Morgan fingerprint density at radius 1 is 1.47 bits per heavy atom. The van der Waals surface area contributed by atoms with Crippen LogP contribution in [-0.2, 0) is 4.79 Å². The summed E-state index contributed by atoms with van der Waals surface area (Å²) >= 11 is 5.89. The molecule has 0 saturated heterocycles. The third kappa shape index (κ3) is 4.36. The van der Waals surface area contributed by atoms with E-state index in [9.17, 15) is 4.79 Å². The number of hydrogen-bond donors (Lipinski definition) is 1. The van der Waals surface area contributed by atoms with Crippen molar-refractivity contribution in [1.82, 2.24) is 4.90 Å². The van der Waals surface area contributed by atoms with Gasteiger partial charge in [0.25, 0.3) is 0 Å². The van der Waals surface area contributed by atoms with E-state index in [-0.39, 0.29) is 5.91 Å². The number of carbonyl (C=O) groups excluding carboxylic acids is 1. The maximum Gasteiger partial charge on any atom is 0.238 e. The Bertz CT molecular complexity index is 404. The predicted octanol–water partition coefficient (Wildman–Crippen LogP) is 2.93. The largest absolute Gasteiger partial charge is 0.325 e. The van der Waals surface area contributed by atoms with Crippen LogP contribution in [-0.4, -0.2) is 30.4 Å². The molecule has 1 N–H and O–H groups in total. The first-order valence-electron chi connectivity index (χ1n) is 5.66. The van der Waals surface area contributed by atoms with Crippen molar-refractivity contribution in [2.24, 2.45) is 0 Å². The number of rotatable bonds is 4. The van der Waals surface area contributed by atoms with E-state index in [1.807, 2.05) is 31.0 Å². The maximum atomic E-state index is 11.8. The average molecular weight is 255 g/mol. The zero-order valence-corrected chi connectivity index (χ0v) is 11.5. The number of nitrogens with zero attached hydrogens (tertiary/aromatic N) is 1. The number of hydrogen-bond acceptors (Lipinski definition) is 2. The van der Waals surface area contributed by atoms with Crippen LogP contribution < -0.4 is 5.32 Å². The summed E-state index contributed by atoms with van der Waals surface area (Å²) in [7, 11) is 1.93. The summed E-state index contributed by atoms with van der Waals surface area (Å²) < 4.78 is 0. The Labute approximate surface area is 108 Å². The molecule has 0 atom stereocenters. The molecule has 0 aromatic heterocycles. The molecule has 3 nitrogen and oxygen atoms in total. The van der Waals surface area contributed by atoms with Crippen LogP contribution in [0.4, 0.5) is 5.69 Å². The van der Waals surface area contributed by atoms with Gasteiger partial charge in [-0.25, -0.2) is 0 Å². The number of aryl methyl sites for hydroxylation is 1. The smallest absolute Gasteiger partial charge is 0.238 e. The fraction of sp³-hybridized carbons (Fsp3) is 0.462. The van der Waals surface area contributed by atoms with Gasteiger partial charge in [-0.1, -0.05) is 17.7 Å². The predicted molar refractivity (Wildman–Crippen MR) is 72.6 cm³/mol. The van der Waals surface area contributed by atoms with Gasteiger partial charge in [-0.3, -0.25) is 9.69 Å². The number of anilines is 1. The summed E-state index contributed by atoms with van der Waals surface area (Å²) in [4.78, 5) is 13.8. The number of nitrogens with one attached hydrogen (secondary N) is 1. The molecule has 0 saturated carbocycles. The normalized spacial score (nSPS) is 11.0. The first-order valence-corrected chi connectivity index (χ1v) is 6.04. The van der Waals surface area contributed by atoms with Crippen LogP contribution in [0.2, 0.25) is 5.02 Å². The van der Waals surface area contributed by atoms with Crippen molar-refractivity contribution in [3.63, 3.8) is 0 Å². The van der Waals surface area contributed by atoms with E-state index in [1.165, 1.54) is 0 Å². The van der Waals surface area contributed by atoms with Crippen molar-refractivity contribution >= 4 is 23.2 Å². The van der Waals surface area contributed by atoms with Crippen molar-refractivity contribution in [3.05, 3.63) is 28.8 Å². The highest BCUT2D eigenvalue weighted by Crippen LogP contribution is 2.20. The van der Waals surface area contributed by atoms with Crippen molar-refractivity contribution in [3.8, 4) is 0 Å². The van der Waals surface area contributed by atoms with Crippen LogP contribution in [0.15, 0.2) is 18.2 Å². The van der Waals surface area contributed by atoms with Crippen molar-refractivity contribution in [1.29, 1.82) is 0 Å². The molecule has 1 aromatic rings. The summed E-state index contributed by atoms with van der Waals surface area (Å²) in [5.41, 5.74) is 1.79. The zero-order valence-electron chi connectivity index (χ0n) is 10.7. The van der Waals surface area contributed by atoms with Crippen LogP contribution in [0, 0.1) is 6.92 Å². The second kappa shape index (κ2) is 6.03. The molecule has 1 aromatic carbocycles. The Balaban J connectivity index is 2.65. The summed E-state index contributed by atoms with van der Waals surface area (Å²) in [6.07, 6.45) is 0. The van der Waals surface area contributed by atoms with E-state index in [1.54, 1.807) is 6.07 Å². The lowest BCUT2D eigenvalue weighted by Gasteiger charge is -2.20. The van der Waals surface area contributed by atoms with Crippen LogP contribution in [0.3, 0.4) is 0 Å². The number of benzene rings is 1. The number of amides is 1. The monoisotopic (exact) mass is 254 g/mol. The summed E-state index contributed by atoms with van der Waals surface area (Å²) in [5.74, 6) is -0.0217. The van der Waals surface area contributed by atoms with E-state index < -0.39 is 0 Å². The van der Waals surface area contributed by atoms with Gasteiger partial charge < -0.3 is 5.32 Å². The van der Waals surface area contributed by atoms with E-state index in [2.05, 4.69) is 19.2 Å². The van der Waals surface area contributed by atoms with E-state index in [4.69, 9.17) is 11.6 Å². The van der Waals surface area contributed by atoms with Crippen LogP contribution in [0.25, 0.3) is 0 Å². The van der Waals surface area contributed by atoms with E-state index >= 15 is 0 Å². The Morgan fingerprint density at radius 2 is 2.12 bits per heavy atom. The van der Waals surface area contributed by atoms with Gasteiger partial charge in [0, 0.05) is 16.8 Å². The molecule has 94 valence electrons. The number of halogens is 1. The third-order valence-electron chi connectivity index (χ3n) is 2.75. The highest BCUT2D eigenvalue weighted by molar-refractivity contribution is 6.31. The zero-order chi connectivity index (χ0) is 13.0. The van der Waals surface area contributed by atoms with Crippen molar-refractivity contribution in [2.45, 2.75) is 26.8 Å². The standard InChI is InChI=1S/C13H19ClN2O/c1-9(2)16(4)8-13(17)15-12-7-11(14)6-5-10(12)3/h5-7,9H,8H2,1-4H3,(H,15,17). The SMILES string of the molecule is Cc1ccc(Cl)cc1NC(=O)CN(C)C(C)C. The molecule has 0 spiro atoms. The first kappa shape index (κ1) is 14.0. The molecular formula is C13H19ClN2O. The van der Waals surface area contributed by atoms with Gasteiger partial charge in [-0.2, -0.15) is 0 Å². The van der Waals surface area contributed by atoms with Crippen molar-refractivity contribution in [2.75, 3.05) is 18.9 Å². The molecule has 0 aliphatic heterocycles. The summed E-state index contributed by atoms with van der Waals surface area (Å²) in [5, 5.41) is 3.50. The molecule has 0 heterocycles. The van der Waals surface area contributed by atoms with Gasteiger partial charge >= 0.3 is 0 Å². The molecule has 0 bridgehead atoms. The summed E-state index contributed by atoms with van der Waals surface area (Å²) in [6, 6.07) is 5.82. The highest BCUT2D eigenvalue weighted by atomic mass is 35.5. The molecule has 1 rings (SSSR count). The van der Waals surface area contributed by atoms with Gasteiger partial charge in [0.1, 0.15) is 0 Å². The van der Waals surface area contributed by atoms with Crippen LogP contribution in [0.5, 0.6) is 0 Å². The Kier molecular flexibility index (Phi) is 4.97. The molecule has 0 aliphatic rings. The van der Waals surface area contributed by atoms with Crippen LogP contribution in [0.1, 0.15) is 19.4 Å². The molecule has 17 heavy (non-hydrogen) atoms. The van der Waals surface area contributed by atoms with Gasteiger partial charge in [0.2, 0.25) is 5.91 Å². The van der Waals surface area contributed by atoms with Gasteiger partial charge in [-0.05, 0) is 45.5 Å². The minimum absolute atomic E-state index is 0.0217. The lowest BCUT2D eigenvalue weighted by Crippen LogP contribution is -2.34. The molecule has 0 radical (unpaired) electrons. The third-order valence-corrected chi connectivity index (χ3v) is 2.98. The molecule has 4 heteroatoms. The van der Waals surface area contributed by atoms with E-state index in [0.717, 1.165) is 11.3 Å². The van der Waals surface area contributed by atoms with Gasteiger partial charge in [0.15, 0.2) is 0 Å². The lowest BCUT2D eigenvalue weighted by atomic mass is 10.2. The average Bonchev–Trinajstić information content (AvgIpc) is 2.23. The Morgan fingerprint density at radius 3 is 2.71 bits per heavy atom. The lowest BCUT2D eigenvalue weighted by molar-refractivity contribution is -0.117. The molecule has 0 aliphatic carbocycles. The topological polar surface area (TPSA) is 32.3 Å². The number of carbonyl (C=O) groups is 1. The Hall–Kier alpha value is -1.06. The first-order chi connectivity index (χ1) is 7.90. The minimum Gasteiger partial charge on any atom is -0.325 e. The molecule has 0 fully saturated rings. The van der Waals surface area contributed by atoms with Gasteiger partial charge in [0.05, 0.1) is 6.54 Å². The quantitative estimate of drug-likeness (QED) is 0.896. The van der Waals surface area contributed by atoms with Gasteiger partial charge in [-0.15, -0.1) is 0 Å². The summed E-state index contributed by atoms with van der Waals surface area (Å²) in [6.45, 7) is 6.43. The second-order valence-corrected chi connectivity index (χ2v) is 4.95. The van der Waals surface area contributed by atoms with Crippen LogP contribution >= 0.6 is 11.6 Å². The molecule has 1 amide bonds. The molecular weight excluding hydrogens is 236 g/mol. The highest BCUT2D eigenvalue weighted by Gasteiger charge is 2.10. The molecule has 0 unspecified atom stereocenters. The van der Waals surface area contributed by atoms with E-state index in [0.29, 0.717) is 17.6 Å². The second-order valence-electron chi connectivity index (χ2n) is 4.52. The van der Waals surface area contributed by atoms with Crippen molar-refractivity contribution < 1.29 is 4.79 Å². The number of likely N-dealkylation sites (N-methyl/N-ethyl adjacent to an activating group) is 1. The fourth-order valence-electron chi connectivity index (χ4n) is 1.33.